The van der Waals surface area contributed by atoms with Crippen LogP contribution in [-0.2, 0) is 0 Å². The zero-order valence-corrected chi connectivity index (χ0v) is 23.2. The molecular weight excluding hydrogens is 484 g/mol. The smallest absolute Gasteiger partial charge is 0.255 e. The molecule has 3 rings (SSSR count). The lowest BCUT2D eigenvalue weighted by molar-refractivity contribution is 0.0958. The van der Waals surface area contributed by atoms with Gasteiger partial charge in [0, 0.05) is 37.9 Å². The molecular formula is C32H40N6O. The Hall–Kier alpha value is -4.02. The van der Waals surface area contributed by atoms with Gasteiger partial charge >= 0.3 is 0 Å². The van der Waals surface area contributed by atoms with Crippen LogP contribution in [0.25, 0.3) is 0 Å². The maximum Gasteiger partial charge on any atom is 0.255 e. The van der Waals surface area contributed by atoms with Gasteiger partial charge in [0.05, 0.1) is 5.56 Å². The van der Waals surface area contributed by atoms with Gasteiger partial charge in [0.2, 0.25) is 0 Å². The highest BCUT2D eigenvalue weighted by molar-refractivity contribution is 5.98. The number of anilines is 1. The van der Waals surface area contributed by atoms with Gasteiger partial charge in [-0.3, -0.25) is 9.79 Å². The van der Waals surface area contributed by atoms with E-state index in [1.54, 1.807) is 18.3 Å². The molecule has 1 heterocycles. The number of hydrogen-bond donors (Lipinski definition) is 3. The molecule has 7 heteroatoms. The Labute approximate surface area is 232 Å². The summed E-state index contributed by atoms with van der Waals surface area (Å²) < 4.78 is 0. The number of carbonyl (C=O) groups excluding carboxylic acids is 1. The molecule has 0 radical (unpaired) electrons. The topological polar surface area (TPSA) is 105 Å². The molecule has 1 aromatic rings. The van der Waals surface area contributed by atoms with E-state index in [1.807, 2.05) is 18.2 Å². The van der Waals surface area contributed by atoms with Crippen molar-refractivity contribution in [3.05, 3.63) is 82.3 Å². The lowest BCUT2D eigenvalue weighted by atomic mass is 9.89. The molecule has 0 saturated carbocycles. The minimum atomic E-state index is -0.166. The number of nitrogens with one attached hydrogen (secondary N) is 2. The fourth-order valence-corrected chi connectivity index (χ4v) is 4.61. The molecule has 4 N–H and O–H groups in total. The molecule has 204 valence electrons. The van der Waals surface area contributed by atoms with Crippen molar-refractivity contribution in [3.63, 3.8) is 0 Å². The molecule has 0 saturated heterocycles. The van der Waals surface area contributed by atoms with Gasteiger partial charge in [-0.2, -0.15) is 0 Å². The highest BCUT2D eigenvalue weighted by Crippen LogP contribution is 2.32. The number of nitrogens with two attached hydrogens (primary N) is 1. The predicted octanol–water partition coefficient (Wildman–Crippen LogP) is 5.53. The minimum Gasteiger partial charge on any atom is -0.366 e. The van der Waals surface area contributed by atoms with E-state index in [2.05, 4.69) is 70.2 Å². The Bertz CT molecular complexity index is 1270. The lowest BCUT2D eigenvalue weighted by Crippen LogP contribution is -2.26. The summed E-state index contributed by atoms with van der Waals surface area (Å²) in [5.74, 6) is 6.88. The Morgan fingerprint density at radius 1 is 1.33 bits per heavy atom. The van der Waals surface area contributed by atoms with Gasteiger partial charge in [0.1, 0.15) is 12.2 Å². The SMILES string of the molecule is C=N/C=N\C1=C(CN)CC(/C(C)=C/C/C=C(\C)CNc2ncccc2C(=O)NCC2=CC#CCC=C2)CCC1. The van der Waals surface area contributed by atoms with E-state index in [9.17, 15) is 4.79 Å². The molecule has 0 bridgehead atoms. The maximum atomic E-state index is 12.9. The van der Waals surface area contributed by atoms with Crippen molar-refractivity contribution in [3.8, 4) is 11.8 Å². The van der Waals surface area contributed by atoms with E-state index in [-0.39, 0.29) is 5.91 Å². The molecule has 1 aromatic heterocycles. The van der Waals surface area contributed by atoms with Gasteiger partial charge < -0.3 is 16.4 Å². The van der Waals surface area contributed by atoms with Crippen LogP contribution in [0.2, 0.25) is 0 Å². The van der Waals surface area contributed by atoms with Crippen molar-refractivity contribution in [1.29, 1.82) is 0 Å². The van der Waals surface area contributed by atoms with E-state index in [0.717, 1.165) is 49.8 Å². The number of aromatic nitrogens is 1. The number of hydrogen-bond acceptors (Lipinski definition) is 5. The van der Waals surface area contributed by atoms with E-state index < -0.39 is 0 Å². The largest absolute Gasteiger partial charge is 0.366 e. The minimum absolute atomic E-state index is 0.166. The summed E-state index contributed by atoms with van der Waals surface area (Å²) in [6.45, 7) is 9.33. The zero-order valence-electron chi connectivity index (χ0n) is 23.2. The molecule has 1 amide bonds. The summed E-state index contributed by atoms with van der Waals surface area (Å²) in [4.78, 5) is 25.5. The third-order valence-electron chi connectivity index (χ3n) is 6.91. The predicted molar refractivity (Wildman–Crippen MR) is 163 cm³/mol. The first kappa shape index (κ1) is 29.5. The van der Waals surface area contributed by atoms with Crippen molar-refractivity contribution >= 4 is 24.8 Å². The molecule has 0 aromatic carbocycles. The van der Waals surface area contributed by atoms with Crippen LogP contribution in [0.4, 0.5) is 5.82 Å². The standard InChI is InChI=1S/C32H40N6O/c1-24(11-8-12-25(2)27-15-9-17-30(38-23-34-3)28(19-27)20-33)21-36-31-29(16-10-18-35-31)32(39)37-22-26-13-6-4-5-7-14-26/h6,10-14,16,18,23,27H,3-4,8-9,15,17,19-22,33H2,1-2H3,(H,35,36)(H,37,39)/b24-11+,25-12+,38-23-. The Morgan fingerprint density at radius 2 is 2.21 bits per heavy atom. The summed E-state index contributed by atoms with van der Waals surface area (Å²) in [6.07, 6.45) is 19.2. The number of carbonyl (C=O) groups is 1. The third kappa shape index (κ3) is 9.66. The van der Waals surface area contributed by atoms with Gasteiger partial charge in [0.25, 0.3) is 5.91 Å². The van der Waals surface area contributed by atoms with E-state index in [4.69, 9.17) is 5.73 Å². The average Bonchev–Trinajstić information content (AvgIpc) is 3.34. The molecule has 39 heavy (non-hydrogen) atoms. The summed E-state index contributed by atoms with van der Waals surface area (Å²) >= 11 is 0. The van der Waals surface area contributed by atoms with Crippen molar-refractivity contribution < 1.29 is 4.79 Å². The van der Waals surface area contributed by atoms with Crippen LogP contribution >= 0.6 is 0 Å². The second-order valence-electron chi connectivity index (χ2n) is 9.79. The first-order valence-electron chi connectivity index (χ1n) is 13.5. The fourth-order valence-electron chi connectivity index (χ4n) is 4.61. The third-order valence-corrected chi connectivity index (χ3v) is 6.91. The lowest BCUT2D eigenvalue weighted by Gasteiger charge is -2.17. The van der Waals surface area contributed by atoms with Gasteiger partial charge in [-0.05, 0) is 87.9 Å². The number of allylic oxidation sites excluding steroid dienone is 6. The van der Waals surface area contributed by atoms with Crippen LogP contribution < -0.4 is 16.4 Å². The molecule has 0 fully saturated rings. The first-order chi connectivity index (χ1) is 19.0. The number of amides is 1. The van der Waals surface area contributed by atoms with E-state index >= 15 is 0 Å². The summed E-state index contributed by atoms with van der Waals surface area (Å²) in [6, 6.07) is 3.56. The number of aliphatic imine (C=N–C) groups is 2. The summed E-state index contributed by atoms with van der Waals surface area (Å²) in [7, 11) is 0. The number of rotatable bonds is 12. The highest BCUT2D eigenvalue weighted by Gasteiger charge is 2.19. The van der Waals surface area contributed by atoms with Gasteiger partial charge in [-0.1, -0.05) is 47.3 Å². The molecule has 1 unspecified atom stereocenters. The molecule has 7 nitrogen and oxygen atoms in total. The molecule has 2 aliphatic carbocycles. The summed E-state index contributed by atoms with van der Waals surface area (Å²) in [5, 5.41) is 6.30. The maximum absolute atomic E-state index is 12.9. The highest BCUT2D eigenvalue weighted by atomic mass is 16.1. The summed E-state index contributed by atoms with van der Waals surface area (Å²) in [5.41, 5.74) is 12.4. The average molecular weight is 525 g/mol. The Morgan fingerprint density at radius 3 is 3.03 bits per heavy atom. The van der Waals surface area contributed by atoms with Crippen LogP contribution in [-0.4, -0.2) is 43.6 Å². The van der Waals surface area contributed by atoms with Crippen LogP contribution in [0, 0.1) is 17.8 Å². The second kappa shape index (κ2) is 16.1. The number of nitrogens with zero attached hydrogens (tertiary/aromatic N) is 3. The van der Waals surface area contributed by atoms with Gasteiger partial charge in [-0.15, -0.1) is 0 Å². The quantitative estimate of drug-likeness (QED) is 0.145. The molecule has 1 atom stereocenters. The fraction of sp³-hybridized carbons (Fsp3) is 0.375. The Balaban J connectivity index is 1.54. The molecule has 0 spiro atoms. The normalized spacial score (nSPS) is 18.1. The monoisotopic (exact) mass is 524 g/mol. The van der Waals surface area contributed by atoms with Crippen LogP contribution in [0.1, 0.15) is 62.7 Å². The van der Waals surface area contributed by atoms with Crippen molar-refractivity contribution in [2.45, 2.75) is 52.4 Å². The first-order valence-corrected chi connectivity index (χ1v) is 13.5. The van der Waals surface area contributed by atoms with Gasteiger partial charge in [-0.25, -0.2) is 9.98 Å². The van der Waals surface area contributed by atoms with Crippen LogP contribution in [0.5, 0.6) is 0 Å². The van der Waals surface area contributed by atoms with Crippen LogP contribution in [0.15, 0.2) is 86.7 Å². The van der Waals surface area contributed by atoms with E-state index in [0.29, 0.717) is 36.9 Å². The molecule has 2 aliphatic rings. The molecule has 0 aliphatic heterocycles. The van der Waals surface area contributed by atoms with Crippen LogP contribution in [0.3, 0.4) is 0 Å². The zero-order chi connectivity index (χ0) is 27.9. The Kier molecular flexibility index (Phi) is 12.2. The van der Waals surface area contributed by atoms with E-state index in [1.165, 1.54) is 23.1 Å². The second-order valence-corrected chi connectivity index (χ2v) is 9.79. The van der Waals surface area contributed by atoms with Crippen molar-refractivity contribution in [2.75, 3.05) is 25.0 Å². The van der Waals surface area contributed by atoms with Gasteiger partial charge in [0.15, 0.2) is 0 Å². The van der Waals surface area contributed by atoms with Crippen molar-refractivity contribution in [2.24, 2.45) is 21.6 Å². The van der Waals surface area contributed by atoms with Crippen molar-refractivity contribution in [1.82, 2.24) is 10.3 Å². The number of pyridine rings is 1.